The minimum absolute atomic E-state index is 0.0213. The van der Waals surface area contributed by atoms with Crippen molar-refractivity contribution < 1.29 is 17.9 Å². The Morgan fingerprint density at radius 1 is 1.18 bits per heavy atom. The van der Waals surface area contributed by atoms with Gasteiger partial charge in [0, 0.05) is 19.3 Å². The Kier molecular flexibility index (Phi) is 6.94. The maximum absolute atomic E-state index is 12.1. The van der Waals surface area contributed by atoms with E-state index in [0.29, 0.717) is 25.9 Å². The van der Waals surface area contributed by atoms with E-state index in [1.807, 2.05) is 20.8 Å². The quantitative estimate of drug-likeness (QED) is 0.639. The van der Waals surface area contributed by atoms with Crippen LogP contribution in [0.3, 0.4) is 0 Å². The van der Waals surface area contributed by atoms with Gasteiger partial charge in [0.2, 0.25) is 0 Å². The van der Waals surface area contributed by atoms with Crippen LogP contribution in [-0.4, -0.2) is 38.4 Å². The topological polar surface area (TPSA) is 60.4 Å². The molecule has 0 N–H and O–H groups in total. The zero-order chi connectivity index (χ0) is 13.5. The van der Waals surface area contributed by atoms with E-state index in [9.17, 15) is 13.2 Å². The van der Waals surface area contributed by atoms with Crippen LogP contribution in [0.5, 0.6) is 0 Å². The number of rotatable bonds is 9. The van der Waals surface area contributed by atoms with E-state index < -0.39 is 15.4 Å². The van der Waals surface area contributed by atoms with Crippen LogP contribution in [0.2, 0.25) is 0 Å². The first-order valence-corrected chi connectivity index (χ1v) is 8.22. The number of Topliss-reactive ketones (excluding diaryl/α,β-unsaturated/α-hetero) is 1. The number of ketones is 1. The molecule has 0 unspecified atom stereocenters. The molecule has 0 saturated heterocycles. The molecule has 17 heavy (non-hydrogen) atoms. The molecule has 5 heteroatoms. The number of carbonyl (C=O) groups is 1. The molecule has 0 aliphatic carbocycles. The molecular weight excluding hydrogens is 240 g/mol. The third-order valence-electron chi connectivity index (χ3n) is 2.99. The molecule has 0 radical (unpaired) electrons. The minimum atomic E-state index is -2.98. The number of sulfone groups is 1. The van der Waals surface area contributed by atoms with Crippen LogP contribution >= 0.6 is 0 Å². The van der Waals surface area contributed by atoms with Crippen molar-refractivity contribution in [1.29, 1.82) is 0 Å². The fourth-order valence-corrected chi connectivity index (χ4v) is 2.60. The third kappa shape index (κ3) is 5.64. The van der Waals surface area contributed by atoms with Crippen molar-refractivity contribution in [2.75, 3.05) is 18.6 Å². The standard InChI is InChI=1S/C12H24O4S/c1-5-12(6-2,16-7-3)11(13)9-8-10-17(4,14)15/h5-10H2,1-4H3. The lowest BCUT2D eigenvalue weighted by atomic mass is 9.89. The van der Waals surface area contributed by atoms with Crippen molar-refractivity contribution in [2.24, 2.45) is 0 Å². The highest BCUT2D eigenvalue weighted by molar-refractivity contribution is 7.90. The van der Waals surface area contributed by atoms with Crippen molar-refractivity contribution in [1.82, 2.24) is 0 Å². The van der Waals surface area contributed by atoms with Gasteiger partial charge in [-0.15, -0.1) is 0 Å². The monoisotopic (exact) mass is 264 g/mol. The molecule has 0 heterocycles. The number of ether oxygens (including phenoxy) is 1. The Morgan fingerprint density at radius 2 is 1.71 bits per heavy atom. The second-order valence-electron chi connectivity index (χ2n) is 4.29. The van der Waals surface area contributed by atoms with Crippen molar-refractivity contribution >= 4 is 15.6 Å². The van der Waals surface area contributed by atoms with E-state index in [1.54, 1.807) is 0 Å². The second kappa shape index (κ2) is 7.11. The summed E-state index contributed by atoms with van der Waals surface area (Å²) >= 11 is 0. The number of carbonyl (C=O) groups excluding carboxylic acids is 1. The van der Waals surface area contributed by atoms with Crippen LogP contribution in [-0.2, 0) is 19.4 Å². The number of hydrogen-bond acceptors (Lipinski definition) is 4. The van der Waals surface area contributed by atoms with Gasteiger partial charge in [-0.25, -0.2) is 8.42 Å². The molecular formula is C12H24O4S. The lowest BCUT2D eigenvalue weighted by molar-refractivity contribution is -0.145. The molecule has 0 aromatic heterocycles. The first-order chi connectivity index (χ1) is 7.81. The maximum Gasteiger partial charge on any atom is 0.164 e. The highest BCUT2D eigenvalue weighted by Crippen LogP contribution is 2.24. The van der Waals surface area contributed by atoms with Crippen LogP contribution in [0.4, 0.5) is 0 Å². The molecule has 102 valence electrons. The van der Waals surface area contributed by atoms with E-state index in [0.717, 1.165) is 0 Å². The summed E-state index contributed by atoms with van der Waals surface area (Å²) in [6.45, 7) is 6.21. The van der Waals surface area contributed by atoms with Gasteiger partial charge in [-0.05, 0) is 26.2 Å². The first kappa shape index (κ1) is 16.6. The fraction of sp³-hybridized carbons (Fsp3) is 0.917. The van der Waals surface area contributed by atoms with Gasteiger partial charge in [0.15, 0.2) is 5.78 Å². The van der Waals surface area contributed by atoms with Crippen LogP contribution in [0, 0.1) is 0 Å². The molecule has 0 saturated carbocycles. The van der Waals surface area contributed by atoms with Crippen LogP contribution in [0.1, 0.15) is 46.5 Å². The lowest BCUT2D eigenvalue weighted by Crippen LogP contribution is -2.40. The summed E-state index contributed by atoms with van der Waals surface area (Å²) in [7, 11) is -2.98. The molecule has 0 aliphatic heterocycles. The van der Waals surface area contributed by atoms with Crippen LogP contribution in [0.15, 0.2) is 0 Å². The highest BCUT2D eigenvalue weighted by atomic mass is 32.2. The van der Waals surface area contributed by atoms with E-state index in [4.69, 9.17) is 4.74 Å². The van der Waals surface area contributed by atoms with Gasteiger partial charge in [-0.2, -0.15) is 0 Å². The zero-order valence-corrected chi connectivity index (χ0v) is 12.1. The molecule has 0 bridgehead atoms. The van der Waals surface area contributed by atoms with E-state index in [1.165, 1.54) is 6.26 Å². The lowest BCUT2D eigenvalue weighted by Gasteiger charge is -2.30. The summed E-state index contributed by atoms with van der Waals surface area (Å²) in [6, 6.07) is 0. The molecule has 0 aromatic rings. The second-order valence-corrected chi connectivity index (χ2v) is 6.55. The third-order valence-corrected chi connectivity index (χ3v) is 4.02. The largest absolute Gasteiger partial charge is 0.368 e. The summed E-state index contributed by atoms with van der Waals surface area (Å²) in [5.41, 5.74) is -0.716. The summed E-state index contributed by atoms with van der Waals surface area (Å²) in [5, 5.41) is 0. The minimum Gasteiger partial charge on any atom is -0.368 e. The Bertz CT molecular complexity index is 328. The molecule has 0 spiro atoms. The molecule has 0 fully saturated rings. The molecule has 0 aliphatic rings. The van der Waals surface area contributed by atoms with Gasteiger partial charge in [0.05, 0.1) is 5.75 Å². The van der Waals surface area contributed by atoms with Crippen molar-refractivity contribution in [3.05, 3.63) is 0 Å². The van der Waals surface area contributed by atoms with E-state index in [2.05, 4.69) is 0 Å². The van der Waals surface area contributed by atoms with Gasteiger partial charge in [0.1, 0.15) is 15.4 Å². The van der Waals surface area contributed by atoms with Gasteiger partial charge >= 0.3 is 0 Å². The van der Waals surface area contributed by atoms with Gasteiger partial charge in [-0.1, -0.05) is 13.8 Å². The van der Waals surface area contributed by atoms with E-state index in [-0.39, 0.29) is 18.0 Å². The average Bonchev–Trinajstić information content (AvgIpc) is 2.24. The Balaban J connectivity index is 4.44. The Morgan fingerprint density at radius 3 is 2.06 bits per heavy atom. The summed E-state index contributed by atoms with van der Waals surface area (Å²) in [4.78, 5) is 12.1. The SMILES string of the molecule is CCOC(CC)(CC)C(=O)CCCS(C)(=O)=O. The summed E-state index contributed by atoms with van der Waals surface area (Å²) < 4.78 is 27.5. The molecule has 0 aromatic carbocycles. The molecule has 4 nitrogen and oxygen atoms in total. The predicted molar refractivity (Wildman–Crippen MR) is 68.9 cm³/mol. The fourth-order valence-electron chi connectivity index (χ4n) is 1.93. The zero-order valence-electron chi connectivity index (χ0n) is 11.3. The molecule has 0 amide bonds. The van der Waals surface area contributed by atoms with Crippen molar-refractivity contribution in [3.63, 3.8) is 0 Å². The molecule has 0 atom stereocenters. The summed E-state index contributed by atoms with van der Waals surface area (Å²) in [6.07, 6.45) is 3.11. The first-order valence-electron chi connectivity index (χ1n) is 6.16. The molecule has 0 rings (SSSR count). The highest BCUT2D eigenvalue weighted by Gasteiger charge is 2.34. The average molecular weight is 264 g/mol. The normalized spacial score (nSPS) is 12.7. The summed E-state index contributed by atoms with van der Waals surface area (Å²) in [5.74, 6) is 0.0852. The predicted octanol–water partition coefficient (Wildman–Crippen LogP) is 1.98. The van der Waals surface area contributed by atoms with Gasteiger partial charge in [0.25, 0.3) is 0 Å². The van der Waals surface area contributed by atoms with Crippen LogP contribution in [0.25, 0.3) is 0 Å². The van der Waals surface area contributed by atoms with E-state index >= 15 is 0 Å². The van der Waals surface area contributed by atoms with Crippen molar-refractivity contribution in [2.45, 2.75) is 52.1 Å². The Hall–Kier alpha value is -0.420. The Labute approximate surface area is 105 Å². The van der Waals surface area contributed by atoms with Gasteiger partial charge in [-0.3, -0.25) is 4.79 Å². The smallest absolute Gasteiger partial charge is 0.164 e. The van der Waals surface area contributed by atoms with Crippen LogP contribution < -0.4 is 0 Å². The number of hydrogen-bond donors (Lipinski definition) is 0. The maximum atomic E-state index is 12.1. The van der Waals surface area contributed by atoms with Crippen molar-refractivity contribution in [3.8, 4) is 0 Å². The van der Waals surface area contributed by atoms with Gasteiger partial charge < -0.3 is 4.74 Å².